The Bertz CT molecular complexity index is 881. The van der Waals surface area contributed by atoms with Gasteiger partial charge in [0.25, 0.3) is 5.91 Å². The zero-order valence-corrected chi connectivity index (χ0v) is 11.1. The second-order valence-corrected chi connectivity index (χ2v) is 4.16. The van der Waals surface area contributed by atoms with Gasteiger partial charge in [-0.3, -0.25) is 9.89 Å². The average Bonchev–Trinajstić information content (AvgIpc) is 3.10. The van der Waals surface area contributed by atoms with E-state index in [1.807, 2.05) is 0 Å². The summed E-state index contributed by atoms with van der Waals surface area (Å²) in [5.41, 5.74) is 7.38. The van der Waals surface area contributed by atoms with Gasteiger partial charge in [-0.1, -0.05) is 5.92 Å². The van der Waals surface area contributed by atoms with Gasteiger partial charge in [0.15, 0.2) is 11.5 Å². The molecule has 0 aliphatic heterocycles. The molecule has 0 aromatic carbocycles. The van der Waals surface area contributed by atoms with Gasteiger partial charge in [0.1, 0.15) is 17.6 Å². The predicted molar refractivity (Wildman–Crippen MR) is 75.6 cm³/mol. The lowest BCUT2D eigenvalue weighted by molar-refractivity contribution is 0.100. The lowest BCUT2D eigenvalue weighted by Crippen LogP contribution is -2.13. The first-order chi connectivity index (χ1) is 10.2. The van der Waals surface area contributed by atoms with Gasteiger partial charge in [0, 0.05) is 18.8 Å². The van der Waals surface area contributed by atoms with Crippen LogP contribution in [0.1, 0.15) is 21.6 Å². The molecule has 0 aliphatic carbocycles. The van der Waals surface area contributed by atoms with Crippen molar-refractivity contribution in [1.82, 2.24) is 24.8 Å². The molecular formula is C13H11N7O. The van der Waals surface area contributed by atoms with Gasteiger partial charge in [0.2, 0.25) is 0 Å². The Morgan fingerprint density at radius 2 is 2.33 bits per heavy atom. The number of hydrogen-bond donors (Lipinski definition) is 3. The smallest absolute Gasteiger partial charge is 0.255 e. The third-order valence-corrected chi connectivity index (χ3v) is 2.86. The molecule has 8 heteroatoms. The first-order valence-corrected chi connectivity index (χ1v) is 6.06. The van der Waals surface area contributed by atoms with Crippen molar-refractivity contribution in [2.24, 2.45) is 5.73 Å². The number of carbonyl (C=O) groups excluding carboxylic acids is 1. The Labute approximate surface area is 119 Å². The average molecular weight is 281 g/mol. The number of rotatable bonds is 2. The summed E-state index contributed by atoms with van der Waals surface area (Å²) in [5, 5.41) is 13.4. The summed E-state index contributed by atoms with van der Waals surface area (Å²) < 4.78 is 1.63. The van der Waals surface area contributed by atoms with Crippen LogP contribution in [0, 0.1) is 11.8 Å². The number of nitrogens with zero attached hydrogens (tertiary/aromatic N) is 4. The zero-order chi connectivity index (χ0) is 14.8. The molecule has 3 aromatic rings. The van der Waals surface area contributed by atoms with E-state index in [1.165, 1.54) is 6.33 Å². The summed E-state index contributed by atoms with van der Waals surface area (Å²) in [7, 11) is 1.65. The number of fused-ring (bicyclic) bond motifs is 1. The fourth-order valence-electron chi connectivity index (χ4n) is 1.88. The van der Waals surface area contributed by atoms with Gasteiger partial charge < -0.3 is 11.1 Å². The maximum atomic E-state index is 11.4. The molecule has 0 atom stereocenters. The van der Waals surface area contributed by atoms with Crippen LogP contribution in [-0.2, 0) is 0 Å². The van der Waals surface area contributed by atoms with Crippen molar-refractivity contribution in [2.75, 3.05) is 12.4 Å². The maximum absolute atomic E-state index is 11.4. The molecule has 3 rings (SSSR count). The zero-order valence-electron chi connectivity index (χ0n) is 11.1. The number of nitrogens with one attached hydrogen (secondary N) is 2. The van der Waals surface area contributed by atoms with Crippen LogP contribution < -0.4 is 11.1 Å². The van der Waals surface area contributed by atoms with E-state index in [0.717, 1.165) is 5.56 Å². The number of amides is 1. The molecule has 3 heterocycles. The Morgan fingerprint density at radius 1 is 1.48 bits per heavy atom. The van der Waals surface area contributed by atoms with Gasteiger partial charge in [-0.2, -0.15) is 10.2 Å². The van der Waals surface area contributed by atoms with E-state index in [-0.39, 0.29) is 5.56 Å². The minimum absolute atomic E-state index is 0.244. The molecule has 4 N–H and O–H groups in total. The molecule has 1 amide bonds. The van der Waals surface area contributed by atoms with E-state index in [4.69, 9.17) is 5.73 Å². The Kier molecular flexibility index (Phi) is 3.00. The van der Waals surface area contributed by atoms with Crippen LogP contribution >= 0.6 is 0 Å². The third-order valence-electron chi connectivity index (χ3n) is 2.86. The van der Waals surface area contributed by atoms with Crippen LogP contribution in [0.5, 0.6) is 0 Å². The minimum atomic E-state index is -0.592. The van der Waals surface area contributed by atoms with Crippen molar-refractivity contribution in [3.05, 3.63) is 41.5 Å². The molecule has 104 valence electrons. The van der Waals surface area contributed by atoms with Crippen LogP contribution in [-0.4, -0.2) is 37.8 Å². The first kappa shape index (κ1) is 12.7. The van der Waals surface area contributed by atoms with Crippen LogP contribution in [0.2, 0.25) is 0 Å². The molecule has 0 radical (unpaired) electrons. The van der Waals surface area contributed by atoms with Crippen LogP contribution in [0.4, 0.5) is 5.82 Å². The van der Waals surface area contributed by atoms with Gasteiger partial charge in [-0.25, -0.2) is 9.50 Å². The number of anilines is 1. The second kappa shape index (κ2) is 4.97. The minimum Gasteiger partial charge on any atom is -0.371 e. The normalized spacial score (nSPS) is 10.1. The fourth-order valence-corrected chi connectivity index (χ4v) is 1.88. The highest BCUT2D eigenvalue weighted by molar-refractivity contribution is 5.99. The highest BCUT2D eigenvalue weighted by Gasteiger charge is 2.15. The molecule has 21 heavy (non-hydrogen) atoms. The first-order valence-electron chi connectivity index (χ1n) is 6.06. The van der Waals surface area contributed by atoms with Crippen LogP contribution in [0.25, 0.3) is 5.65 Å². The van der Waals surface area contributed by atoms with E-state index >= 15 is 0 Å². The number of aromatic nitrogens is 5. The number of hydrogen-bond acceptors (Lipinski definition) is 5. The maximum Gasteiger partial charge on any atom is 0.255 e. The van der Waals surface area contributed by atoms with Crippen molar-refractivity contribution in [3.8, 4) is 11.8 Å². The van der Waals surface area contributed by atoms with Gasteiger partial charge in [0.05, 0.1) is 0 Å². The molecule has 3 aromatic heterocycles. The molecule has 0 aliphatic rings. The molecule has 8 nitrogen and oxygen atoms in total. The summed E-state index contributed by atoms with van der Waals surface area (Å²) in [6.07, 6.45) is 3.22. The topological polar surface area (TPSA) is 114 Å². The Morgan fingerprint density at radius 3 is 3.10 bits per heavy atom. The lowest BCUT2D eigenvalue weighted by atomic mass is 10.2. The highest BCUT2D eigenvalue weighted by Crippen LogP contribution is 2.14. The number of nitrogens with two attached hydrogens (primary N) is 1. The molecule has 0 spiro atoms. The number of pyridine rings is 1. The SMILES string of the molecule is CNc1n[nH]c(C#Cc2ccn3ncnc3c2)c1C(N)=O. The molecule has 0 saturated heterocycles. The van der Waals surface area contributed by atoms with E-state index < -0.39 is 5.91 Å². The number of aromatic amines is 1. The summed E-state index contributed by atoms with van der Waals surface area (Å²) in [4.78, 5) is 15.5. The molecule has 0 unspecified atom stereocenters. The third kappa shape index (κ3) is 2.28. The van der Waals surface area contributed by atoms with E-state index in [9.17, 15) is 4.79 Å². The number of primary amides is 1. The fraction of sp³-hybridized carbons (Fsp3) is 0.0769. The van der Waals surface area contributed by atoms with Gasteiger partial charge in [-0.15, -0.1) is 0 Å². The van der Waals surface area contributed by atoms with E-state index in [0.29, 0.717) is 17.2 Å². The second-order valence-electron chi connectivity index (χ2n) is 4.16. The Hall–Kier alpha value is -3.34. The van der Waals surface area contributed by atoms with Crippen molar-refractivity contribution in [1.29, 1.82) is 0 Å². The molecule has 0 fully saturated rings. The van der Waals surface area contributed by atoms with Gasteiger partial charge in [-0.05, 0) is 18.1 Å². The van der Waals surface area contributed by atoms with Crippen LogP contribution in [0.3, 0.4) is 0 Å². The summed E-state index contributed by atoms with van der Waals surface area (Å²) in [5.74, 6) is 5.58. The lowest BCUT2D eigenvalue weighted by Gasteiger charge is -1.96. The molecule has 0 saturated carbocycles. The van der Waals surface area contributed by atoms with Crippen molar-refractivity contribution < 1.29 is 4.79 Å². The van der Waals surface area contributed by atoms with Crippen molar-refractivity contribution >= 4 is 17.4 Å². The quantitative estimate of drug-likeness (QED) is 0.572. The predicted octanol–water partition coefficient (Wildman–Crippen LogP) is -0.00720. The van der Waals surface area contributed by atoms with Crippen LogP contribution in [0.15, 0.2) is 24.7 Å². The monoisotopic (exact) mass is 281 g/mol. The summed E-state index contributed by atoms with van der Waals surface area (Å²) in [6, 6.07) is 3.59. The number of carbonyl (C=O) groups is 1. The van der Waals surface area contributed by atoms with E-state index in [2.05, 4.69) is 37.4 Å². The molecule has 0 bridgehead atoms. The summed E-state index contributed by atoms with van der Waals surface area (Å²) >= 11 is 0. The molecular weight excluding hydrogens is 270 g/mol. The standard InChI is InChI=1S/C13H11N7O/c1-15-13-11(12(14)21)9(18-19-13)3-2-8-4-5-20-10(6-8)16-7-17-20/h4-7H,1H3,(H2,14,21)(H2,15,18,19). The Balaban J connectivity index is 2.00. The highest BCUT2D eigenvalue weighted by atomic mass is 16.1. The van der Waals surface area contributed by atoms with Gasteiger partial charge >= 0.3 is 0 Å². The summed E-state index contributed by atoms with van der Waals surface area (Å²) in [6.45, 7) is 0. The number of H-pyrrole nitrogens is 1. The van der Waals surface area contributed by atoms with Crippen molar-refractivity contribution in [2.45, 2.75) is 0 Å². The largest absolute Gasteiger partial charge is 0.371 e. The van der Waals surface area contributed by atoms with Crippen molar-refractivity contribution in [3.63, 3.8) is 0 Å². The van der Waals surface area contributed by atoms with E-state index in [1.54, 1.807) is 29.9 Å².